The Morgan fingerprint density at radius 1 is 1.50 bits per heavy atom. The van der Waals surface area contributed by atoms with Crippen molar-refractivity contribution in [2.45, 2.75) is 50.2 Å². The molecule has 1 aliphatic heterocycles. The third-order valence-corrected chi connectivity index (χ3v) is 5.27. The molecule has 0 aliphatic carbocycles. The summed E-state index contributed by atoms with van der Waals surface area (Å²) in [6.07, 6.45) is 2.19. The fraction of sp³-hybridized carbons (Fsp3) is 0.529. The Kier molecular flexibility index (Phi) is 5.89. The van der Waals surface area contributed by atoms with Gasteiger partial charge in [0.1, 0.15) is 0 Å². The number of carbonyl (C=O) groups excluding carboxylic acids is 2. The number of hydrogen-bond acceptors (Lipinski definition) is 3. The van der Waals surface area contributed by atoms with Gasteiger partial charge in [0, 0.05) is 28.8 Å². The minimum atomic E-state index is -0.133. The van der Waals surface area contributed by atoms with E-state index in [9.17, 15) is 9.59 Å². The monoisotopic (exact) mass is 320 g/mol. The van der Waals surface area contributed by atoms with Gasteiger partial charge in [-0.05, 0) is 43.5 Å². The summed E-state index contributed by atoms with van der Waals surface area (Å²) in [5.41, 5.74) is 1.93. The summed E-state index contributed by atoms with van der Waals surface area (Å²) in [6.45, 7) is 6.85. The number of benzene rings is 1. The van der Waals surface area contributed by atoms with Crippen LogP contribution in [-0.4, -0.2) is 23.6 Å². The highest BCUT2D eigenvalue weighted by atomic mass is 32.2. The molecule has 0 radical (unpaired) electrons. The lowest BCUT2D eigenvalue weighted by Gasteiger charge is -2.22. The van der Waals surface area contributed by atoms with E-state index in [0.29, 0.717) is 24.6 Å². The zero-order valence-electron chi connectivity index (χ0n) is 13.4. The summed E-state index contributed by atoms with van der Waals surface area (Å²) in [4.78, 5) is 24.6. The van der Waals surface area contributed by atoms with Crippen molar-refractivity contribution in [2.24, 2.45) is 5.92 Å². The van der Waals surface area contributed by atoms with Crippen molar-refractivity contribution in [3.05, 3.63) is 23.8 Å². The standard InChI is InChI=1S/C17H24N2O2S/c1-4-12(3)22-14-6-7-15(11(2)9-14)19-17(21)13-5-8-16(20)18-10-13/h6-7,9,12-13H,4-5,8,10H2,1-3H3,(H,18,20)(H,19,21)/t12-,13+/m1/s1. The Morgan fingerprint density at radius 3 is 2.86 bits per heavy atom. The predicted molar refractivity (Wildman–Crippen MR) is 91.2 cm³/mol. The van der Waals surface area contributed by atoms with E-state index in [4.69, 9.17) is 0 Å². The van der Waals surface area contributed by atoms with Gasteiger partial charge >= 0.3 is 0 Å². The number of carbonyl (C=O) groups is 2. The van der Waals surface area contributed by atoms with Gasteiger partial charge in [-0.3, -0.25) is 9.59 Å². The van der Waals surface area contributed by atoms with Crippen LogP contribution in [0.3, 0.4) is 0 Å². The summed E-state index contributed by atoms with van der Waals surface area (Å²) >= 11 is 1.85. The van der Waals surface area contributed by atoms with Crippen LogP contribution >= 0.6 is 11.8 Å². The van der Waals surface area contributed by atoms with E-state index in [1.165, 1.54) is 4.90 Å². The Bertz CT molecular complexity index is 550. The molecule has 1 saturated heterocycles. The lowest BCUT2D eigenvalue weighted by atomic mass is 9.98. The Labute approximate surface area is 136 Å². The van der Waals surface area contributed by atoms with Crippen LogP contribution in [0.25, 0.3) is 0 Å². The molecule has 1 aromatic rings. The van der Waals surface area contributed by atoms with Gasteiger partial charge in [-0.15, -0.1) is 11.8 Å². The lowest BCUT2D eigenvalue weighted by molar-refractivity contribution is -0.126. The number of amides is 2. The number of aryl methyl sites for hydroxylation is 1. The van der Waals surface area contributed by atoms with Crippen LogP contribution in [0.5, 0.6) is 0 Å². The van der Waals surface area contributed by atoms with Gasteiger partial charge in [0.15, 0.2) is 0 Å². The van der Waals surface area contributed by atoms with E-state index in [-0.39, 0.29) is 17.7 Å². The SMILES string of the molecule is CC[C@@H](C)Sc1ccc(NC(=O)[C@H]2CCC(=O)NC2)c(C)c1. The van der Waals surface area contributed by atoms with E-state index in [1.54, 1.807) is 0 Å². The minimum absolute atomic E-state index is 0.00886. The highest BCUT2D eigenvalue weighted by Gasteiger charge is 2.24. The molecule has 0 spiro atoms. The molecule has 4 nitrogen and oxygen atoms in total. The zero-order chi connectivity index (χ0) is 16.1. The van der Waals surface area contributed by atoms with Crippen LogP contribution in [-0.2, 0) is 9.59 Å². The summed E-state index contributed by atoms with van der Waals surface area (Å²) in [5.74, 6) is -0.108. The quantitative estimate of drug-likeness (QED) is 0.818. The van der Waals surface area contributed by atoms with Crippen molar-refractivity contribution in [1.29, 1.82) is 0 Å². The Balaban J connectivity index is 1.97. The van der Waals surface area contributed by atoms with Gasteiger partial charge in [0.25, 0.3) is 0 Å². The van der Waals surface area contributed by atoms with Crippen LogP contribution in [0.2, 0.25) is 0 Å². The second-order valence-electron chi connectivity index (χ2n) is 5.84. The first-order valence-electron chi connectivity index (χ1n) is 7.84. The molecule has 120 valence electrons. The lowest BCUT2D eigenvalue weighted by Crippen LogP contribution is -2.40. The highest BCUT2D eigenvalue weighted by molar-refractivity contribution is 7.99. The molecule has 22 heavy (non-hydrogen) atoms. The van der Waals surface area contributed by atoms with Crippen molar-refractivity contribution in [3.63, 3.8) is 0 Å². The second-order valence-corrected chi connectivity index (χ2v) is 7.35. The normalized spacial score (nSPS) is 19.4. The minimum Gasteiger partial charge on any atom is -0.355 e. The van der Waals surface area contributed by atoms with E-state index in [1.807, 2.05) is 24.8 Å². The van der Waals surface area contributed by atoms with Crippen LogP contribution in [0.1, 0.15) is 38.7 Å². The molecular formula is C17H24N2O2S. The van der Waals surface area contributed by atoms with E-state index < -0.39 is 0 Å². The highest BCUT2D eigenvalue weighted by Crippen LogP contribution is 2.28. The topological polar surface area (TPSA) is 58.2 Å². The number of piperidine rings is 1. The van der Waals surface area contributed by atoms with E-state index in [0.717, 1.165) is 17.7 Å². The number of thioether (sulfide) groups is 1. The molecular weight excluding hydrogens is 296 g/mol. The number of hydrogen-bond donors (Lipinski definition) is 2. The Hall–Kier alpha value is -1.49. The van der Waals surface area contributed by atoms with Crippen LogP contribution < -0.4 is 10.6 Å². The molecule has 2 amide bonds. The third kappa shape index (κ3) is 4.50. The van der Waals surface area contributed by atoms with Gasteiger partial charge in [-0.1, -0.05) is 13.8 Å². The molecule has 0 saturated carbocycles. The zero-order valence-corrected chi connectivity index (χ0v) is 14.3. The first-order chi connectivity index (χ1) is 10.5. The molecule has 2 rings (SSSR count). The maximum absolute atomic E-state index is 12.3. The van der Waals surface area contributed by atoms with Gasteiger partial charge in [-0.2, -0.15) is 0 Å². The molecule has 0 unspecified atom stereocenters. The summed E-state index contributed by atoms with van der Waals surface area (Å²) in [5, 5.41) is 6.33. The molecule has 1 heterocycles. The van der Waals surface area contributed by atoms with Crippen molar-refractivity contribution in [2.75, 3.05) is 11.9 Å². The smallest absolute Gasteiger partial charge is 0.229 e. The average molecular weight is 320 g/mol. The van der Waals surface area contributed by atoms with Gasteiger partial charge in [0.05, 0.1) is 5.92 Å². The molecule has 2 atom stereocenters. The predicted octanol–water partition coefficient (Wildman–Crippen LogP) is 3.35. The number of anilines is 1. The molecule has 1 aromatic carbocycles. The maximum atomic E-state index is 12.3. The van der Waals surface area contributed by atoms with Crippen LogP contribution in [0.4, 0.5) is 5.69 Å². The molecule has 0 aromatic heterocycles. The van der Waals surface area contributed by atoms with Gasteiger partial charge in [-0.25, -0.2) is 0 Å². The molecule has 5 heteroatoms. The van der Waals surface area contributed by atoms with E-state index >= 15 is 0 Å². The Morgan fingerprint density at radius 2 is 2.27 bits per heavy atom. The van der Waals surface area contributed by atoms with Gasteiger partial charge < -0.3 is 10.6 Å². The number of rotatable bonds is 5. The number of nitrogens with one attached hydrogen (secondary N) is 2. The van der Waals surface area contributed by atoms with E-state index in [2.05, 4.69) is 36.6 Å². The fourth-order valence-corrected chi connectivity index (χ4v) is 3.38. The average Bonchev–Trinajstić information content (AvgIpc) is 2.50. The second kappa shape index (κ2) is 7.68. The van der Waals surface area contributed by atoms with Crippen molar-refractivity contribution in [1.82, 2.24) is 5.32 Å². The van der Waals surface area contributed by atoms with Crippen LogP contribution in [0.15, 0.2) is 23.1 Å². The first kappa shape index (κ1) is 16.9. The summed E-state index contributed by atoms with van der Waals surface area (Å²) < 4.78 is 0. The first-order valence-corrected chi connectivity index (χ1v) is 8.72. The molecule has 2 N–H and O–H groups in total. The summed E-state index contributed by atoms with van der Waals surface area (Å²) in [6, 6.07) is 6.15. The summed E-state index contributed by atoms with van der Waals surface area (Å²) in [7, 11) is 0. The molecule has 1 fully saturated rings. The van der Waals surface area contributed by atoms with Crippen LogP contribution in [0, 0.1) is 12.8 Å². The van der Waals surface area contributed by atoms with Gasteiger partial charge in [0.2, 0.25) is 11.8 Å². The molecule has 1 aliphatic rings. The largest absolute Gasteiger partial charge is 0.355 e. The third-order valence-electron chi connectivity index (χ3n) is 4.00. The van der Waals surface area contributed by atoms with Crippen molar-refractivity contribution < 1.29 is 9.59 Å². The van der Waals surface area contributed by atoms with Crippen molar-refractivity contribution >= 4 is 29.3 Å². The maximum Gasteiger partial charge on any atom is 0.229 e. The molecule has 0 bridgehead atoms. The van der Waals surface area contributed by atoms with Crippen molar-refractivity contribution in [3.8, 4) is 0 Å². The fourth-order valence-electron chi connectivity index (χ4n) is 2.36.